The third-order valence-corrected chi connectivity index (χ3v) is 5.78. The Morgan fingerprint density at radius 2 is 1.80 bits per heavy atom. The zero-order valence-electron chi connectivity index (χ0n) is 16.5. The molecule has 6 nitrogen and oxygen atoms in total. The van der Waals surface area contributed by atoms with Crippen LogP contribution in [-0.2, 0) is 5.54 Å². The van der Waals surface area contributed by atoms with Crippen LogP contribution in [0.15, 0.2) is 65.2 Å². The molecular weight excluding hydrogens is 378 g/mol. The molecule has 1 aliphatic rings. The first-order valence-corrected chi connectivity index (χ1v) is 10.2. The zero-order chi connectivity index (χ0) is 20.6. The highest BCUT2D eigenvalue weighted by atomic mass is 16.5. The number of hydrogen-bond donors (Lipinski definition) is 2. The van der Waals surface area contributed by atoms with Gasteiger partial charge in [-0.3, -0.25) is 0 Å². The lowest BCUT2D eigenvalue weighted by Gasteiger charge is -2.38. The van der Waals surface area contributed by atoms with Gasteiger partial charge < -0.3 is 20.0 Å². The highest BCUT2D eigenvalue weighted by Gasteiger charge is 2.34. The number of hydrogen-bond acceptors (Lipinski definition) is 6. The Bertz CT molecular complexity index is 1170. The number of ether oxygens (including phenoxy) is 1. The number of benzene rings is 2. The van der Waals surface area contributed by atoms with E-state index in [-0.39, 0.29) is 24.8 Å². The largest absolute Gasteiger partial charge is 0.461 e. The summed E-state index contributed by atoms with van der Waals surface area (Å²) < 4.78 is 11.6. The average Bonchev–Trinajstić information content (AvgIpc) is 3.15. The van der Waals surface area contributed by atoms with E-state index in [1.165, 1.54) is 6.42 Å². The summed E-state index contributed by atoms with van der Waals surface area (Å²) in [6, 6.07) is 18.6. The normalized spacial score (nSPS) is 15.1. The number of aromatic nitrogens is 2. The highest BCUT2D eigenvalue weighted by Crippen LogP contribution is 2.42. The predicted octanol–water partition coefficient (Wildman–Crippen LogP) is 4.27. The van der Waals surface area contributed by atoms with Gasteiger partial charge in [-0.2, -0.15) is 4.98 Å². The van der Waals surface area contributed by atoms with Crippen molar-refractivity contribution in [1.82, 2.24) is 9.97 Å². The second-order valence-electron chi connectivity index (χ2n) is 7.70. The lowest BCUT2D eigenvalue weighted by atomic mass is 9.72. The molecule has 30 heavy (non-hydrogen) atoms. The zero-order valence-corrected chi connectivity index (χ0v) is 16.5. The van der Waals surface area contributed by atoms with E-state index in [0.717, 1.165) is 46.2 Å². The minimum Gasteiger partial charge on any atom is -0.461 e. The fourth-order valence-electron chi connectivity index (χ4n) is 3.97. The van der Waals surface area contributed by atoms with E-state index in [2.05, 4.69) is 34.2 Å². The molecule has 1 saturated carbocycles. The van der Waals surface area contributed by atoms with Crippen LogP contribution < -0.4 is 10.5 Å². The smallest absolute Gasteiger partial charge is 0.319 e. The van der Waals surface area contributed by atoms with Crippen LogP contribution in [0.4, 0.5) is 0 Å². The molecule has 6 heteroatoms. The van der Waals surface area contributed by atoms with E-state index >= 15 is 0 Å². The molecule has 0 radical (unpaired) electrons. The summed E-state index contributed by atoms with van der Waals surface area (Å²) in [5.74, 6) is 0.732. The third-order valence-electron chi connectivity index (χ3n) is 5.78. The van der Waals surface area contributed by atoms with Crippen LogP contribution in [-0.4, -0.2) is 28.3 Å². The van der Waals surface area contributed by atoms with Crippen LogP contribution in [0, 0.1) is 0 Å². The van der Waals surface area contributed by atoms with E-state index in [0.29, 0.717) is 5.71 Å². The predicted molar refractivity (Wildman–Crippen MR) is 115 cm³/mol. The maximum atomic E-state index is 8.98. The molecule has 3 N–H and O–H groups in total. The number of nitrogens with zero attached hydrogens (tertiary/aromatic N) is 2. The molecule has 5 rings (SSSR count). The highest BCUT2D eigenvalue weighted by molar-refractivity contribution is 6.00. The summed E-state index contributed by atoms with van der Waals surface area (Å²) in [7, 11) is 0. The Hall–Kier alpha value is -3.22. The average molecular weight is 401 g/mol. The van der Waals surface area contributed by atoms with Crippen LogP contribution in [0.1, 0.15) is 24.8 Å². The molecule has 0 bridgehead atoms. The Morgan fingerprint density at radius 1 is 1.03 bits per heavy atom. The molecule has 0 atom stereocenters. The monoisotopic (exact) mass is 401 g/mol. The molecule has 4 aromatic rings. The van der Waals surface area contributed by atoms with Crippen LogP contribution in [0.3, 0.4) is 0 Å². The Balaban J connectivity index is 1.62. The molecule has 0 spiro atoms. The molecular formula is C24H23N3O3. The molecule has 0 saturated heterocycles. The number of fused-ring (bicyclic) bond motifs is 1. The van der Waals surface area contributed by atoms with Crippen LogP contribution >= 0.6 is 0 Å². The van der Waals surface area contributed by atoms with E-state index in [9.17, 15) is 0 Å². The van der Waals surface area contributed by atoms with Crippen LogP contribution in [0.5, 0.6) is 6.01 Å². The van der Waals surface area contributed by atoms with Gasteiger partial charge in [-0.15, -0.1) is 0 Å². The van der Waals surface area contributed by atoms with Gasteiger partial charge in [0.2, 0.25) is 5.71 Å². The number of rotatable bonds is 6. The van der Waals surface area contributed by atoms with Gasteiger partial charge in [-0.25, -0.2) is 4.98 Å². The van der Waals surface area contributed by atoms with Crippen LogP contribution in [0.2, 0.25) is 0 Å². The minimum absolute atomic E-state index is 0.102. The summed E-state index contributed by atoms with van der Waals surface area (Å²) in [6.45, 7) is 0.0297. The van der Waals surface area contributed by atoms with Crippen LogP contribution in [0.25, 0.3) is 33.6 Å². The third kappa shape index (κ3) is 3.24. The van der Waals surface area contributed by atoms with Gasteiger partial charge in [-0.05, 0) is 30.4 Å². The molecule has 0 unspecified atom stereocenters. The SMILES string of the molecule is NC1(c2ccc(-c3oc4nc(OCCO)ncc4c3-c3ccccc3)cc2)CCC1. The van der Waals surface area contributed by atoms with Crippen molar-refractivity contribution in [1.29, 1.82) is 0 Å². The lowest BCUT2D eigenvalue weighted by molar-refractivity contribution is 0.191. The van der Waals surface area contributed by atoms with Crippen molar-refractivity contribution in [3.63, 3.8) is 0 Å². The van der Waals surface area contributed by atoms with Gasteiger partial charge in [0, 0.05) is 22.9 Å². The molecule has 2 heterocycles. The molecule has 1 aliphatic carbocycles. The first-order chi connectivity index (χ1) is 14.7. The molecule has 1 fully saturated rings. The van der Waals surface area contributed by atoms with Crippen molar-refractivity contribution in [2.45, 2.75) is 24.8 Å². The van der Waals surface area contributed by atoms with Crippen molar-refractivity contribution < 1.29 is 14.3 Å². The number of aliphatic hydroxyl groups is 1. The summed E-state index contributed by atoms with van der Waals surface area (Å²) in [6.07, 6.45) is 4.94. The van der Waals surface area contributed by atoms with E-state index in [1.54, 1.807) is 6.20 Å². The van der Waals surface area contributed by atoms with Gasteiger partial charge in [0.25, 0.3) is 0 Å². The van der Waals surface area contributed by atoms with Gasteiger partial charge in [0.15, 0.2) is 0 Å². The minimum atomic E-state index is -0.195. The van der Waals surface area contributed by atoms with Gasteiger partial charge in [0.1, 0.15) is 12.4 Å². The maximum Gasteiger partial charge on any atom is 0.319 e. The summed E-state index contributed by atoms with van der Waals surface area (Å²) in [5.41, 5.74) is 10.8. The van der Waals surface area contributed by atoms with Gasteiger partial charge >= 0.3 is 6.01 Å². The van der Waals surface area contributed by atoms with E-state index in [4.69, 9.17) is 20.0 Å². The molecule has 0 amide bonds. The Morgan fingerprint density at radius 3 is 2.47 bits per heavy atom. The van der Waals surface area contributed by atoms with Crippen molar-refractivity contribution in [2.24, 2.45) is 5.73 Å². The van der Waals surface area contributed by atoms with Gasteiger partial charge in [0.05, 0.1) is 12.0 Å². The number of nitrogens with two attached hydrogens (primary N) is 1. The summed E-state index contributed by atoms with van der Waals surface area (Å²) >= 11 is 0. The number of furan rings is 1. The molecule has 0 aliphatic heterocycles. The molecule has 152 valence electrons. The Labute approximate surface area is 174 Å². The second-order valence-corrected chi connectivity index (χ2v) is 7.70. The summed E-state index contributed by atoms with van der Waals surface area (Å²) in [5, 5.41) is 9.79. The van der Waals surface area contributed by atoms with Crippen molar-refractivity contribution in [3.8, 4) is 28.5 Å². The molecule has 2 aromatic carbocycles. The lowest BCUT2D eigenvalue weighted by Crippen LogP contribution is -2.43. The Kier molecular flexibility index (Phi) is 4.73. The fraction of sp³-hybridized carbons (Fsp3) is 0.250. The fourth-order valence-corrected chi connectivity index (χ4v) is 3.97. The quantitative estimate of drug-likeness (QED) is 0.501. The summed E-state index contributed by atoms with van der Waals surface area (Å²) in [4.78, 5) is 8.67. The van der Waals surface area contributed by atoms with Crippen molar-refractivity contribution in [3.05, 3.63) is 66.4 Å². The van der Waals surface area contributed by atoms with E-state index < -0.39 is 0 Å². The van der Waals surface area contributed by atoms with Crippen molar-refractivity contribution >= 4 is 11.1 Å². The molecule has 2 aromatic heterocycles. The van der Waals surface area contributed by atoms with Gasteiger partial charge in [-0.1, -0.05) is 54.6 Å². The first-order valence-electron chi connectivity index (χ1n) is 10.2. The van der Waals surface area contributed by atoms with E-state index in [1.807, 2.05) is 30.3 Å². The van der Waals surface area contributed by atoms with Crippen molar-refractivity contribution in [2.75, 3.05) is 13.2 Å². The standard InChI is InChI=1S/C24H23N3O3/c25-24(11-4-12-24)18-9-7-17(8-10-18)21-20(16-5-2-1-3-6-16)19-15-26-23(29-14-13-28)27-22(19)30-21/h1-3,5-10,15,28H,4,11-14,25H2. The number of aliphatic hydroxyl groups excluding tert-OH is 1. The first kappa shape index (κ1) is 18.8. The topological polar surface area (TPSA) is 94.4 Å². The second kappa shape index (κ2) is 7.55. The maximum absolute atomic E-state index is 8.98.